The third-order valence-electron chi connectivity index (χ3n) is 9.98. The first-order valence-corrected chi connectivity index (χ1v) is 24.3. The van der Waals surface area contributed by atoms with Crippen LogP contribution >= 0.6 is 0 Å². The molecule has 5 N–H and O–H groups in total. The largest absolute Gasteiger partial charge is 3.00 e. The number of azo groups is 2. The predicted octanol–water partition coefficient (Wildman–Crippen LogP) is 6.83. The summed E-state index contributed by atoms with van der Waals surface area (Å²) in [4.78, 5) is 18.1. The Morgan fingerprint density at radius 2 is 0.831 bits per heavy atom. The molecule has 0 spiro atoms. The third-order valence-corrected chi connectivity index (χ3v) is 13.5. The van der Waals surface area contributed by atoms with Gasteiger partial charge in [0.2, 0.25) is 0 Å². The van der Waals surface area contributed by atoms with Crippen LogP contribution in [0.4, 0.5) is 34.1 Å². The van der Waals surface area contributed by atoms with Crippen molar-refractivity contribution in [3.05, 3.63) is 129 Å². The minimum absolute atomic E-state index is 0. The van der Waals surface area contributed by atoms with Crippen molar-refractivity contribution in [2.45, 2.75) is 19.6 Å². The molecule has 0 aliphatic heterocycles. The van der Waals surface area contributed by atoms with Crippen molar-refractivity contribution in [3.8, 4) is 23.0 Å². The predicted molar refractivity (Wildman–Crippen MR) is 237 cm³/mol. The van der Waals surface area contributed by atoms with Crippen molar-refractivity contribution in [2.24, 2.45) is 20.5 Å². The molecule has 0 unspecified atom stereocenters. The fraction of sp³-hybridized carbons (Fsp3) is 0. The molecule has 26 nitrogen and oxygen atoms in total. The monoisotopic (exact) mass is 1090 g/mol. The van der Waals surface area contributed by atoms with Gasteiger partial charge < -0.3 is 25.0 Å². The Kier molecular flexibility index (Phi) is 14.2. The van der Waals surface area contributed by atoms with Crippen LogP contribution in [0.3, 0.4) is 0 Å². The molecule has 0 heterocycles. The van der Waals surface area contributed by atoms with Crippen LogP contribution in [0, 0.1) is 20.2 Å². The number of hydrogen-bond acceptors (Lipinski definition) is 21. The van der Waals surface area contributed by atoms with E-state index in [2.05, 4.69) is 20.5 Å². The van der Waals surface area contributed by atoms with Crippen LogP contribution in [0.1, 0.15) is 0 Å². The van der Waals surface area contributed by atoms with Gasteiger partial charge in [0.1, 0.15) is 42.8 Å². The van der Waals surface area contributed by atoms with E-state index in [0.717, 1.165) is 72.8 Å². The quantitative estimate of drug-likeness (QED) is 0.0405. The zero-order valence-corrected chi connectivity index (χ0v) is 39.0. The maximum atomic E-state index is 12.6. The first-order chi connectivity index (χ1) is 32.5. The van der Waals surface area contributed by atoms with Crippen molar-refractivity contribution in [1.82, 2.24) is 0 Å². The number of phenolic OH excluding ortho intramolecular Hbond substituents is 2. The molecule has 8 aromatic carbocycles. The first-order valence-electron chi connectivity index (χ1n) is 18.6. The minimum atomic E-state index is -4.95. The summed E-state index contributed by atoms with van der Waals surface area (Å²) in [6, 6.07) is 18.5. The molecule has 0 aliphatic rings. The summed E-state index contributed by atoms with van der Waals surface area (Å²) in [5, 5.41) is 83.0. The number of nitrogens with zero attached hydrogens (tertiary/aromatic N) is 6. The summed E-state index contributed by atoms with van der Waals surface area (Å²) >= 11 is 0. The molecule has 0 saturated carbocycles. The van der Waals surface area contributed by atoms with Gasteiger partial charge in [-0.3, -0.25) is 33.9 Å². The molecular weight excluding hydrogens is 1060 g/mol. The molecule has 0 aliphatic carbocycles. The SMILES string of the molecule is O=[N+]([O-])c1ccc2c(N=Nc3c(O)ccc4cc(S(=O)(=O)O)ccc34)c(O)cc(S(=O)(=O)O)c2c1.O=[N+]([O-])c1ccc2c(N=Nc3c([O-])ccc4cc(S(=O)(=O)[O-])ccc34)c([O-])cc(S(=O)(=O)O)c2c1.[Cr+3]. The van der Waals surface area contributed by atoms with Crippen LogP contribution in [0.15, 0.2) is 149 Å². The molecule has 0 atom stereocenters. The standard InChI is InChI=1S/2C20H13N3O10S2.Cr/c2*24-16-6-1-10-7-12(34(28,29)30)3-5-13(10)19(16)21-22-20-14-4-2-11(23(26)27)8-15(14)18(9-17(20)25)35(31,32)33;/h2*1-9,24-25H,(H,28,29,30)(H,31,32,33);/q;;+3/p-3. The Morgan fingerprint density at radius 1 is 0.423 bits per heavy atom. The summed E-state index contributed by atoms with van der Waals surface area (Å²) < 4.78 is 132. The van der Waals surface area contributed by atoms with Gasteiger partial charge in [-0.25, -0.2) is 8.42 Å². The molecule has 0 amide bonds. The molecule has 0 aromatic heterocycles. The Bertz CT molecular complexity index is 3870. The summed E-state index contributed by atoms with van der Waals surface area (Å²) in [5.41, 5.74) is -2.28. The fourth-order valence-electron chi connectivity index (χ4n) is 6.83. The Hall–Kier alpha value is -7.83. The zero-order chi connectivity index (χ0) is 51.4. The molecule has 1 radical (unpaired) electrons. The van der Waals surface area contributed by atoms with Gasteiger partial charge in [-0.2, -0.15) is 35.5 Å². The number of rotatable bonds is 10. The van der Waals surface area contributed by atoms with Crippen LogP contribution in [-0.4, -0.2) is 71.9 Å². The normalized spacial score (nSPS) is 12.3. The van der Waals surface area contributed by atoms with Crippen molar-refractivity contribution >= 4 is 118 Å². The maximum Gasteiger partial charge on any atom is 3.00 e. The summed E-state index contributed by atoms with van der Waals surface area (Å²) in [7, 11) is -19.1. The van der Waals surface area contributed by atoms with E-state index in [9.17, 15) is 92.5 Å². The van der Waals surface area contributed by atoms with E-state index in [1.165, 1.54) is 24.3 Å². The molecule has 0 bridgehead atoms. The van der Waals surface area contributed by atoms with Gasteiger partial charge in [0, 0.05) is 62.6 Å². The fourth-order valence-corrected chi connectivity index (χ4v) is 9.26. The van der Waals surface area contributed by atoms with Gasteiger partial charge in [-0.05, 0) is 59.3 Å². The second kappa shape index (κ2) is 19.2. The number of phenols is 2. The Balaban J connectivity index is 0.000000229. The van der Waals surface area contributed by atoms with Crippen LogP contribution in [0.5, 0.6) is 23.0 Å². The van der Waals surface area contributed by atoms with E-state index in [1.807, 2.05) is 0 Å². The number of benzene rings is 8. The van der Waals surface area contributed by atoms with E-state index in [1.54, 1.807) is 0 Å². The molecule has 71 heavy (non-hydrogen) atoms. The van der Waals surface area contributed by atoms with Gasteiger partial charge in [0.15, 0.2) is 0 Å². The topological polar surface area (TPSA) is 443 Å². The van der Waals surface area contributed by atoms with E-state index in [0.29, 0.717) is 12.1 Å². The van der Waals surface area contributed by atoms with E-state index >= 15 is 0 Å². The second-order valence-corrected chi connectivity index (χ2v) is 19.9. The summed E-state index contributed by atoms with van der Waals surface area (Å²) in [5.74, 6) is -2.80. The van der Waals surface area contributed by atoms with Crippen molar-refractivity contribution in [2.75, 3.05) is 0 Å². The van der Waals surface area contributed by atoms with E-state index in [-0.39, 0.29) is 83.3 Å². The molecule has 8 rings (SSSR count). The molecular formula is C40H23CrN6O20S4. The van der Waals surface area contributed by atoms with E-state index < -0.39 is 104 Å². The zero-order valence-electron chi connectivity index (χ0n) is 34.5. The van der Waals surface area contributed by atoms with Crippen LogP contribution in [0.25, 0.3) is 43.1 Å². The van der Waals surface area contributed by atoms with Gasteiger partial charge in [0.05, 0.1) is 31.0 Å². The van der Waals surface area contributed by atoms with Crippen molar-refractivity contribution in [1.29, 1.82) is 0 Å². The molecule has 0 saturated heterocycles. The number of fused-ring (bicyclic) bond motifs is 4. The number of nitro benzene ring substituents is 2. The smallest absolute Gasteiger partial charge is 0.871 e. The third kappa shape index (κ3) is 10.8. The van der Waals surface area contributed by atoms with Crippen molar-refractivity contribution < 1.29 is 99.5 Å². The molecule has 8 aromatic rings. The van der Waals surface area contributed by atoms with Crippen LogP contribution < -0.4 is 10.2 Å². The average molecular weight is 1090 g/mol. The van der Waals surface area contributed by atoms with Crippen LogP contribution in [0.2, 0.25) is 0 Å². The average Bonchev–Trinajstić information content (AvgIpc) is 3.27. The number of hydrogen-bond donors (Lipinski definition) is 5. The summed E-state index contributed by atoms with van der Waals surface area (Å²) in [6.45, 7) is 0. The van der Waals surface area contributed by atoms with E-state index in [4.69, 9.17) is 0 Å². The molecule has 31 heteroatoms. The van der Waals surface area contributed by atoms with Gasteiger partial charge in [-0.1, -0.05) is 41.8 Å². The Morgan fingerprint density at radius 3 is 1.32 bits per heavy atom. The van der Waals surface area contributed by atoms with Gasteiger partial charge in [-0.15, -0.1) is 10.2 Å². The van der Waals surface area contributed by atoms with Crippen molar-refractivity contribution in [3.63, 3.8) is 0 Å². The second-order valence-electron chi connectivity index (χ2n) is 14.3. The van der Waals surface area contributed by atoms with Gasteiger partial charge in [0.25, 0.3) is 41.7 Å². The summed E-state index contributed by atoms with van der Waals surface area (Å²) in [6.07, 6.45) is 0. The molecule has 0 fully saturated rings. The number of aromatic hydroxyl groups is 2. The minimum Gasteiger partial charge on any atom is -0.871 e. The van der Waals surface area contributed by atoms with Gasteiger partial charge >= 0.3 is 17.4 Å². The maximum absolute atomic E-state index is 12.6. The number of non-ortho nitro benzene ring substituents is 2. The Labute approximate surface area is 407 Å². The van der Waals surface area contributed by atoms with Crippen LogP contribution in [-0.2, 0) is 57.8 Å². The first kappa shape index (κ1) is 52.5. The number of nitro groups is 2. The molecule has 363 valence electrons.